The number of nitrogens with one attached hydrogen (secondary N) is 1. The van der Waals surface area contributed by atoms with Gasteiger partial charge in [-0.25, -0.2) is 0 Å². The van der Waals surface area contributed by atoms with Gasteiger partial charge in [-0.2, -0.15) is 0 Å². The van der Waals surface area contributed by atoms with E-state index in [1.54, 1.807) is 4.90 Å². The van der Waals surface area contributed by atoms with Crippen molar-refractivity contribution >= 4 is 23.3 Å². The van der Waals surface area contributed by atoms with Gasteiger partial charge in [-0.15, -0.1) is 12.4 Å². The Labute approximate surface area is 106 Å². The molecule has 1 N–H and O–H groups in total. The molecule has 3 heteroatoms. The third kappa shape index (κ3) is 1.72. The molecule has 0 amide bonds. The molecule has 1 aliphatic heterocycles. The second kappa shape index (κ2) is 4.11. The van der Waals surface area contributed by atoms with Crippen LogP contribution in [0, 0.1) is 6.92 Å². The predicted octanol–water partition coefficient (Wildman–Crippen LogP) is 2.89. The van der Waals surface area contributed by atoms with Gasteiger partial charge in [-0.3, -0.25) is 0 Å². The molecule has 2 nitrogen and oxygen atoms in total. The lowest BCUT2D eigenvalue weighted by atomic mass is 10.0. The summed E-state index contributed by atoms with van der Waals surface area (Å²) in [7, 11) is 0. The zero-order valence-electron chi connectivity index (χ0n) is 12.2. The van der Waals surface area contributed by atoms with Gasteiger partial charge in [0.05, 0.1) is 0 Å². The molecule has 0 radical (unpaired) electrons. The molecular formula is C13H17ClN2. The lowest BCUT2D eigenvalue weighted by Gasteiger charge is -2.22. The van der Waals surface area contributed by atoms with E-state index in [2.05, 4.69) is 30.1 Å². The average molecular weight is 240 g/mol. The Kier molecular flexibility index (Phi) is 2.10. The highest BCUT2D eigenvalue weighted by atomic mass is 35.5. The molecule has 0 saturated heterocycles. The monoisotopic (exact) mass is 239 g/mol. The van der Waals surface area contributed by atoms with Crippen molar-refractivity contribution in [2.75, 3.05) is 13.5 Å². The molecule has 16 heavy (non-hydrogen) atoms. The molecule has 1 aromatic heterocycles. The van der Waals surface area contributed by atoms with Crippen LogP contribution in [-0.2, 0) is 13.0 Å². The molecule has 0 atom stereocenters. The Bertz CT molecular complexity index is 604. The maximum absolute atomic E-state index is 7.52. The number of hydrogen-bond donors (Lipinski definition) is 1. The maximum Gasteiger partial charge on any atom is 0.0459 e. The second-order valence-electron chi connectivity index (χ2n) is 4.30. The van der Waals surface area contributed by atoms with E-state index in [9.17, 15) is 0 Å². The Balaban J connectivity index is 0.00000133. The summed E-state index contributed by atoms with van der Waals surface area (Å²) < 4.78 is 22.6. The van der Waals surface area contributed by atoms with E-state index in [-0.39, 0.29) is 12.4 Å². The van der Waals surface area contributed by atoms with E-state index in [1.165, 1.54) is 16.6 Å². The molecule has 2 heterocycles. The molecule has 1 aromatic carbocycles. The van der Waals surface area contributed by atoms with Gasteiger partial charge in [0.15, 0.2) is 0 Å². The summed E-state index contributed by atoms with van der Waals surface area (Å²) in [5, 5.41) is 1.17. The van der Waals surface area contributed by atoms with Crippen LogP contribution in [0.25, 0.3) is 10.9 Å². The zero-order valence-corrected chi connectivity index (χ0v) is 10.0. The molecule has 0 aliphatic carbocycles. The molecule has 0 spiro atoms. The third-order valence-electron chi connectivity index (χ3n) is 3.13. The smallest absolute Gasteiger partial charge is 0.0459 e. The van der Waals surface area contributed by atoms with Crippen molar-refractivity contribution in [2.45, 2.75) is 19.9 Å². The van der Waals surface area contributed by atoms with E-state index >= 15 is 0 Å². The summed E-state index contributed by atoms with van der Waals surface area (Å²) in [6.45, 7) is 1.17. The van der Waals surface area contributed by atoms with Crippen molar-refractivity contribution in [3.8, 4) is 0 Å². The molecule has 1 aliphatic rings. The Morgan fingerprint density at radius 1 is 1.44 bits per heavy atom. The first kappa shape index (κ1) is 8.15. The summed E-state index contributed by atoms with van der Waals surface area (Å²) in [6, 6.07) is 6.28. The van der Waals surface area contributed by atoms with E-state index < -0.39 is 6.98 Å². The van der Waals surface area contributed by atoms with Crippen molar-refractivity contribution in [2.24, 2.45) is 0 Å². The van der Waals surface area contributed by atoms with Crippen molar-refractivity contribution in [1.29, 1.82) is 0 Å². The maximum atomic E-state index is 7.52. The van der Waals surface area contributed by atoms with E-state index in [4.69, 9.17) is 4.11 Å². The molecular weight excluding hydrogens is 220 g/mol. The van der Waals surface area contributed by atoms with E-state index in [1.807, 2.05) is 0 Å². The normalized spacial score (nSPS) is 19.4. The van der Waals surface area contributed by atoms with Gasteiger partial charge in [0, 0.05) is 40.2 Å². The second-order valence-corrected chi connectivity index (χ2v) is 4.30. The summed E-state index contributed by atoms with van der Waals surface area (Å²) in [4.78, 5) is 4.98. The van der Waals surface area contributed by atoms with Crippen molar-refractivity contribution in [3.63, 3.8) is 0 Å². The summed E-state index contributed by atoms with van der Waals surface area (Å²) in [5.74, 6) is 0. The molecule has 86 valence electrons. The van der Waals surface area contributed by atoms with Gasteiger partial charge < -0.3 is 9.88 Å². The largest absolute Gasteiger partial charge is 0.358 e. The van der Waals surface area contributed by atoms with Gasteiger partial charge >= 0.3 is 0 Å². The number of benzene rings is 1. The highest BCUT2D eigenvalue weighted by molar-refractivity contribution is 5.85. The van der Waals surface area contributed by atoms with Gasteiger partial charge in [0.1, 0.15) is 0 Å². The highest BCUT2D eigenvalue weighted by Crippen LogP contribution is 2.27. The van der Waals surface area contributed by atoms with Gasteiger partial charge in [-0.05, 0) is 31.6 Å². The van der Waals surface area contributed by atoms with Crippen molar-refractivity contribution in [1.82, 2.24) is 9.88 Å². The van der Waals surface area contributed by atoms with Crippen molar-refractivity contribution < 1.29 is 4.11 Å². The van der Waals surface area contributed by atoms with Crippen LogP contribution in [-0.4, -0.2) is 23.4 Å². The lowest BCUT2D eigenvalue weighted by molar-refractivity contribution is 0.313. The van der Waals surface area contributed by atoms with Crippen LogP contribution in [0.4, 0.5) is 0 Å². The summed E-state index contributed by atoms with van der Waals surface area (Å²) in [5.41, 5.74) is 4.65. The summed E-state index contributed by atoms with van der Waals surface area (Å²) >= 11 is 0. The van der Waals surface area contributed by atoms with Crippen LogP contribution < -0.4 is 0 Å². The SMILES string of the molecule is Cl.[2H]C([2H])([2H])N1CCc2[nH]c3ccc(C)cc3c2C1. The van der Waals surface area contributed by atoms with Gasteiger partial charge in [0.25, 0.3) is 0 Å². The third-order valence-corrected chi connectivity index (χ3v) is 3.13. The fourth-order valence-corrected chi connectivity index (χ4v) is 2.33. The molecule has 0 saturated carbocycles. The Morgan fingerprint density at radius 3 is 3.12 bits per heavy atom. The first-order valence-electron chi connectivity index (χ1n) is 6.80. The number of aromatic amines is 1. The van der Waals surface area contributed by atoms with Crippen LogP contribution in [0.1, 0.15) is 20.9 Å². The number of rotatable bonds is 0. The number of halogens is 1. The van der Waals surface area contributed by atoms with E-state index in [0.29, 0.717) is 13.1 Å². The first-order chi connectivity index (χ1) is 8.45. The molecule has 0 bridgehead atoms. The van der Waals surface area contributed by atoms with Crippen molar-refractivity contribution in [3.05, 3.63) is 35.0 Å². The van der Waals surface area contributed by atoms with Gasteiger partial charge in [0.2, 0.25) is 0 Å². The minimum absolute atomic E-state index is 0. The number of aromatic nitrogens is 1. The number of likely N-dealkylation sites (N-methyl/N-ethyl adjacent to an activating group) is 1. The number of aryl methyl sites for hydroxylation is 1. The molecule has 0 fully saturated rings. The molecule has 3 rings (SSSR count). The zero-order chi connectivity index (χ0) is 12.9. The topological polar surface area (TPSA) is 19.0 Å². The van der Waals surface area contributed by atoms with Crippen LogP contribution in [0.15, 0.2) is 18.2 Å². The number of fused-ring (bicyclic) bond motifs is 3. The number of nitrogens with zero attached hydrogens (tertiary/aromatic N) is 1. The number of H-pyrrole nitrogens is 1. The van der Waals surface area contributed by atoms with Crippen LogP contribution in [0.5, 0.6) is 0 Å². The van der Waals surface area contributed by atoms with E-state index in [0.717, 1.165) is 17.5 Å². The minimum Gasteiger partial charge on any atom is -0.358 e. The fraction of sp³-hybridized carbons (Fsp3) is 0.385. The Morgan fingerprint density at radius 2 is 2.31 bits per heavy atom. The fourth-order valence-electron chi connectivity index (χ4n) is 2.33. The van der Waals surface area contributed by atoms with Gasteiger partial charge in [-0.1, -0.05) is 11.6 Å². The molecule has 2 aromatic rings. The van der Waals surface area contributed by atoms with Crippen LogP contribution >= 0.6 is 12.4 Å². The van der Waals surface area contributed by atoms with Crippen LogP contribution in [0.3, 0.4) is 0 Å². The quantitative estimate of drug-likeness (QED) is 0.749. The Hall–Kier alpha value is -0.990. The standard InChI is InChI=1S/C13H16N2.ClH/c1-9-3-4-12-10(7-9)11-8-15(2)6-5-13(11)14-12;/h3-4,7,14H,5-6,8H2,1-2H3;1H/i2D3;. The van der Waals surface area contributed by atoms with Crippen LogP contribution in [0.2, 0.25) is 0 Å². The predicted molar refractivity (Wildman–Crippen MR) is 70.3 cm³/mol. The lowest BCUT2D eigenvalue weighted by Crippen LogP contribution is -2.25. The highest BCUT2D eigenvalue weighted by Gasteiger charge is 2.17. The minimum atomic E-state index is -1.99. The first-order valence-corrected chi connectivity index (χ1v) is 5.30. The number of hydrogen-bond acceptors (Lipinski definition) is 1. The average Bonchev–Trinajstić information content (AvgIpc) is 2.65. The summed E-state index contributed by atoms with van der Waals surface area (Å²) in [6.07, 6.45) is 0.779. The molecule has 0 unspecified atom stereocenters.